The van der Waals surface area contributed by atoms with Crippen LogP contribution in [0.25, 0.3) is 33.0 Å². The number of fused-ring (bicyclic) bond motifs is 2. The number of benzene rings is 2. The molecule has 2 amide bonds. The molecule has 2 N–H and O–H groups in total. The SMILES string of the molecule is CC(C)(C)[Si](C)(C)O[C@@H]1C=C[C@H](n2c(Cl)c(C3=C(c4c[nH]c5ccccc45)C(=O)NC3=O)c3ccc(Cl)cc32)C1. The van der Waals surface area contributed by atoms with E-state index >= 15 is 0 Å². The number of imide groups is 1. The van der Waals surface area contributed by atoms with Gasteiger partial charge in [0.05, 0.1) is 28.8 Å². The Morgan fingerprint density at radius 3 is 2.45 bits per heavy atom. The van der Waals surface area contributed by atoms with Crippen molar-refractivity contribution in [3.8, 4) is 0 Å². The molecule has 0 saturated carbocycles. The highest BCUT2D eigenvalue weighted by Gasteiger charge is 2.41. The monoisotopic (exact) mass is 591 g/mol. The van der Waals surface area contributed by atoms with E-state index in [1.807, 2.05) is 41.0 Å². The summed E-state index contributed by atoms with van der Waals surface area (Å²) in [6.45, 7) is 11.2. The van der Waals surface area contributed by atoms with Crippen molar-refractivity contribution in [1.29, 1.82) is 0 Å². The van der Waals surface area contributed by atoms with Gasteiger partial charge in [0.2, 0.25) is 0 Å². The van der Waals surface area contributed by atoms with Crippen LogP contribution in [0.4, 0.5) is 0 Å². The minimum absolute atomic E-state index is 0.0422. The number of allylic oxidation sites excluding steroid dienone is 1. The third-order valence-corrected chi connectivity index (χ3v) is 13.7. The number of aromatic amines is 1. The normalized spacial score (nSPS) is 20.0. The zero-order valence-electron chi connectivity index (χ0n) is 23.1. The van der Waals surface area contributed by atoms with Crippen LogP contribution in [0, 0.1) is 0 Å². The Kier molecular flexibility index (Phi) is 6.42. The summed E-state index contributed by atoms with van der Waals surface area (Å²) in [7, 11) is -1.99. The number of halogens is 2. The van der Waals surface area contributed by atoms with Crippen LogP contribution in [0.5, 0.6) is 0 Å². The standard InChI is InChI=1S/C31H31Cl2N3O3Si/c1-31(2,3)40(4,5)39-19-12-11-18(15-19)36-24-14-17(32)10-13-21(24)25(28(36)33)27-26(29(37)35-30(27)38)22-16-34-23-9-7-6-8-20(22)23/h6-14,16,18-19,34H,15H2,1-5H3,(H,35,37,38)/t18-,19+/m0/s1. The lowest BCUT2D eigenvalue weighted by atomic mass is 9.95. The molecule has 4 aromatic rings. The maximum absolute atomic E-state index is 13.4. The van der Waals surface area contributed by atoms with E-state index in [4.69, 9.17) is 27.6 Å². The first-order chi connectivity index (χ1) is 18.9. The van der Waals surface area contributed by atoms with Crippen molar-refractivity contribution in [2.24, 2.45) is 0 Å². The maximum atomic E-state index is 13.4. The van der Waals surface area contributed by atoms with Crippen LogP contribution in [0.2, 0.25) is 28.3 Å². The molecule has 1 aliphatic heterocycles. The van der Waals surface area contributed by atoms with Gasteiger partial charge in [0.25, 0.3) is 11.8 Å². The fourth-order valence-electron chi connectivity index (χ4n) is 5.53. The number of nitrogens with zero attached hydrogens (tertiary/aromatic N) is 1. The quantitative estimate of drug-likeness (QED) is 0.141. The van der Waals surface area contributed by atoms with E-state index in [1.54, 1.807) is 12.3 Å². The topological polar surface area (TPSA) is 76.1 Å². The van der Waals surface area contributed by atoms with Gasteiger partial charge in [0.15, 0.2) is 8.32 Å². The Bertz CT molecular complexity index is 1770. The molecule has 0 unspecified atom stereocenters. The first-order valence-corrected chi connectivity index (χ1v) is 17.1. The zero-order valence-corrected chi connectivity index (χ0v) is 25.6. The van der Waals surface area contributed by atoms with E-state index in [-0.39, 0.29) is 22.8 Å². The van der Waals surface area contributed by atoms with Crippen molar-refractivity contribution >= 4 is 76.3 Å². The Morgan fingerprint density at radius 1 is 0.975 bits per heavy atom. The molecular weight excluding hydrogens is 561 g/mol. The summed E-state index contributed by atoms with van der Waals surface area (Å²) < 4.78 is 8.70. The van der Waals surface area contributed by atoms with Gasteiger partial charge in [-0.15, -0.1) is 0 Å². The lowest BCUT2D eigenvalue weighted by Gasteiger charge is -2.38. The van der Waals surface area contributed by atoms with Crippen LogP contribution in [0.15, 0.2) is 60.8 Å². The molecule has 0 saturated heterocycles. The van der Waals surface area contributed by atoms with Crippen molar-refractivity contribution in [3.63, 3.8) is 0 Å². The number of aromatic nitrogens is 2. The summed E-state index contributed by atoms with van der Waals surface area (Å²) in [5.74, 6) is -0.915. The van der Waals surface area contributed by atoms with E-state index in [2.05, 4.69) is 56.3 Å². The minimum atomic E-state index is -1.99. The third-order valence-electron chi connectivity index (χ3n) is 8.55. The molecular formula is C31H31Cl2N3O3Si. The summed E-state index contributed by atoms with van der Waals surface area (Å²) in [5.41, 5.74) is 3.43. The van der Waals surface area contributed by atoms with Crippen LogP contribution in [-0.2, 0) is 14.0 Å². The van der Waals surface area contributed by atoms with Gasteiger partial charge in [0, 0.05) is 45.1 Å². The van der Waals surface area contributed by atoms with E-state index in [0.29, 0.717) is 33.3 Å². The van der Waals surface area contributed by atoms with Gasteiger partial charge in [-0.1, -0.05) is 80.4 Å². The Morgan fingerprint density at radius 2 is 1.70 bits per heavy atom. The number of carbonyl (C=O) groups excluding carboxylic acids is 2. The van der Waals surface area contributed by atoms with Crippen molar-refractivity contribution in [2.45, 2.75) is 57.5 Å². The Balaban J connectivity index is 1.51. The molecule has 0 spiro atoms. The molecule has 2 aromatic carbocycles. The Labute approximate surface area is 244 Å². The number of carbonyl (C=O) groups is 2. The molecule has 206 valence electrons. The molecule has 1 aliphatic carbocycles. The van der Waals surface area contributed by atoms with Crippen molar-refractivity contribution in [1.82, 2.24) is 14.9 Å². The second-order valence-corrected chi connectivity index (χ2v) is 17.6. The molecule has 0 bridgehead atoms. The number of amides is 2. The van der Waals surface area contributed by atoms with Gasteiger partial charge in [0.1, 0.15) is 5.15 Å². The molecule has 9 heteroatoms. The van der Waals surface area contributed by atoms with Gasteiger partial charge < -0.3 is 14.0 Å². The van der Waals surface area contributed by atoms with Gasteiger partial charge in [-0.2, -0.15) is 0 Å². The highest BCUT2D eigenvalue weighted by atomic mass is 35.5. The van der Waals surface area contributed by atoms with Crippen LogP contribution in [0.3, 0.4) is 0 Å². The molecule has 6 nitrogen and oxygen atoms in total. The van der Waals surface area contributed by atoms with Crippen LogP contribution < -0.4 is 5.32 Å². The van der Waals surface area contributed by atoms with E-state index in [1.165, 1.54) is 0 Å². The number of hydrogen-bond acceptors (Lipinski definition) is 3. The molecule has 2 aromatic heterocycles. The van der Waals surface area contributed by atoms with Crippen molar-refractivity contribution in [2.75, 3.05) is 0 Å². The predicted octanol–water partition coefficient (Wildman–Crippen LogP) is 7.89. The molecule has 3 heterocycles. The van der Waals surface area contributed by atoms with Gasteiger partial charge in [-0.3, -0.25) is 14.9 Å². The fraction of sp³-hybridized carbons (Fsp3) is 0.290. The number of nitrogens with one attached hydrogen (secondary N) is 2. The average molecular weight is 593 g/mol. The highest BCUT2D eigenvalue weighted by Crippen LogP contribution is 2.46. The van der Waals surface area contributed by atoms with Crippen molar-refractivity contribution < 1.29 is 14.0 Å². The van der Waals surface area contributed by atoms with Crippen molar-refractivity contribution in [3.05, 3.63) is 82.1 Å². The lowest BCUT2D eigenvalue weighted by molar-refractivity contribution is -0.122. The smallest absolute Gasteiger partial charge is 0.259 e. The van der Waals surface area contributed by atoms with Gasteiger partial charge >= 0.3 is 0 Å². The van der Waals surface area contributed by atoms with Crippen LogP contribution in [0.1, 0.15) is 44.4 Å². The molecule has 0 fully saturated rings. The predicted molar refractivity (Wildman–Crippen MR) is 165 cm³/mol. The number of rotatable bonds is 5. The molecule has 40 heavy (non-hydrogen) atoms. The summed E-state index contributed by atoms with van der Waals surface area (Å²) in [5, 5.41) is 5.15. The fourth-order valence-corrected chi connectivity index (χ4v) is 7.39. The van der Waals surface area contributed by atoms with E-state index in [9.17, 15) is 9.59 Å². The van der Waals surface area contributed by atoms with E-state index in [0.717, 1.165) is 21.8 Å². The number of hydrogen-bond donors (Lipinski definition) is 2. The van der Waals surface area contributed by atoms with E-state index < -0.39 is 20.1 Å². The molecule has 2 aliphatic rings. The number of H-pyrrole nitrogens is 1. The average Bonchev–Trinajstić information content (AvgIpc) is 3.62. The third kappa shape index (κ3) is 4.27. The summed E-state index contributed by atoms with van der Waals surface area (Å²) in [6, 6.07) is 13.1. The summed E-state index contributed by atoms with van der Waals surface area (Å²) in [6.07, 6.45) is 6.66. The Hall–Kier alpha value is -3.10. The van der Waals surface area contributed by atoms with Gasteiger partial charge in [-0.05, 0) is 36.3 Å². The summed E-state index contributed by atoms with van der Waals surface area (Å²) >= 11 is 13.7. The maximum Gasteiger partial charge on any atom is 0.259 e. The van der Waals surface area contributed by atoms with Gasteiger partial charge in [-0.25, -0.2) is 0 Å². The second-order valence-electron chi connectivity index (χ2n) is 12.1. The molecule has 6 rings (SSSR count). The molecule has 0 radical (unpaired) electrons. The first-order valence-electron chi connectivity index (χ1n) is 13.4. The lowest BCUT2D eigenvalue weighted by Crippen LogP contribution is -2.43. The van der Waals surface area contributed by atoms with Crippen LogP contribution >= 0.6 is 23.2 Å². The molecule has 2 atom stereocenters. The second kappa shape index (κ2) is 9.48. The zero-order chi connectivity index (χ0) is 28.6. The summed E-state index contributed by atoms with van der Waals surface area (Å²) in [4.78, 5) is 29.8. The number of para-hydroxylation sites is 1. The minimum Gasteiger partial charge on any atom is -0.410 e. The first kappa shape index (κ1) is 27.1. The van der Waals surface area contributed by atoms with Crippen LogP contribution in [-0.4, -0.2) is 35.8 Å². The highest BCUT2D eigenvalue weighted by molar-refractivity contribution is 6.74. The largest absolute Gasteiger partial charge is 0.410 e.